The van der Waals surface area contributed by atoms with Crippen molar-refractivity contribution in [2.45, 2.75) is 11.8 Å². The van der Waals surface area contributed by atoms with Gasteiger partial charge in [-0.25, -0.2) is 13.6 Å². The molecule has 0 atom stereocenters. The Bertz CT molecular complexity index is 799. The first-order valence-corrected chi connectivity index (χ1v) is 7.95. The fourth-order valence-electron chi connectivity index (χ4n) is 1.88. The lowest BCUT2D eigenvalue weighted by Crippen LogP contribution is -2.16. The number of primary sulfonamides is 1. The molecule has 2 aromatic carbocycles. The molecule has 2 aromatic rings. The molecule has 0 fully saturated rings. The minimum absolute atomic E-state index is 0.0922. The van der Waals surface area contributed by atoms with E-state index in [1.54, 1.807) is 12.1 Å². The Morgan fingerprint density at radius 3 is 2.32 bits per heavy atom. The minimum Gasteiger partial charge on any atom is -0.496 e. The normalized spacial score (nSPS) is 11.0. The number of rotatable bonds is 4. The summed E-state index contributed by atoms with van der Waals surface area (Å²) in [5.41, 5.74) is 1.75. The van der Waals surface area contributed by atoms with Gasteiger partial charge in [-0.3, -0.25) is 4.79 Å². The number of ether oxygens (including phenoxy) is 1. The van der Waals surface area contributed by atoms with Gasteiger partial charge in [0.2, 0.25) is 10.0 Å². The van der Waals surface area contributed by atoms with Crippen LogP contribution in [0, 0.1) is 6.92 Å². The first-order valence-electron chi connectivity index (χ1n) is 6.40. The van der Waals surface area contributed by atoms with Gasteiger partial charge in [0, 0.05) is 5.69 Å². The van der Waals surface area contributed by atoms with Gasteiger partial charge in [-0.05, 0) is 37.3 Å². The summed E-state index contributed by atoms with van der Waals surface area (Å²) in [4.78, 5) is 12.2. The Balaban J connectivity index is 2.37. The number of amides is 1. The highest BCUT2D eigenvalue weighted by Crippen LogP contribution is 2.23. The largest absolute Gasteiger partial charge is 0.496 e. The molecule has 0 unspecified atom stereocenters. The molecular formula is C15H16N2O4S. The second kappa shape index (κ2) is 6.17. The SMILES string of the molecule is COc1ccc(S(N)(=O)=O)cc1C(=O)Nc1ccc(C)cc1. The zero-order chi connectivity index (χ0) is 16.3. The molecule has 7 heteroatoms. The van der Waals surface area contributed by atoms with Crippen molar-refractivity contribution in [3.8, 4) is 5.75 Å². The number of sulfonamides is 1. The van der Waals surface area contributed by atoms with Crippen LogP contribution in [0.2, 0.25) is 0 Å². The van der Waals surface area contributed by atoms with Gasteiger partial charge >= 0.3 is 0 Å². The van der Waals surface area contributed by atoms with E-state index in [0.717, 1.165) is 5.56 Å². The molecule has 0 spiro atoms. The smallest absolute Gasteiger partial charge is 0.259 e. The number of carbonyl (C=O) groups excluding carboxylic acids is 1. The summed E-state index contributed by atoms with van der Waals surface area (Å²) in [6.07, 6.45) is 0. The molecule has 3 N–H and O–H groups in total. The van der Waals surface area contributed by atoms with E-state index in [9.17, 15) is 13.2 Å². The lowest BCUT2D eigenvalue weighted by atomic mass is 10.1. The highest BCUT2D eigenvalue weighted by Gasteiger charge is 2.17. The van der Waals surface area contributed by atoms with Crippen molar-refractivity contribution in [2.24, 2.45) is 5.14 Å². The van der Waals surface area contributed by atoms with Crippen LogP contribution in [0.3, 0.4) is 0 Å². The molecule has 0 aliphatic carbocycles. The van der Waals surface area contributed by atoms with Crippen LogP contribution in [-0.2, 0) is 10.0 Å². The fraction of sp³-hybridized carbons (Fsp3) is 0.133. The molecule has 0 bridgehead atoms. The molecular weight excluding hydrogens is 304 g/mol. The summed E-state index contributed by atoms with van der Waals surface area (Å²) in [5, 5.41) is 7.77. The number of methoxy groups -OCH3 is 1. The molecule has 0 saturated carbocycles. The third kappa shape index (κ3) is 3.63. The van der Waals surface area contributed by atoms with Gasteiger partial charge in [0.1, 0.15) is 5.75 Å². The van der Waals surface area contributed by atoms with Crippen molar-refractivity contribution in [3.05, 3.63) is 53.6 Å². The van der Waals surface area contributed by atoms with E-state index in [2.05, 4.69) is 5.32 Å². The average Bonchev–Trinajstić information content (AvgIpc) is 2.48. The number of nitrogens with one attached hydrogen (secondary N) is 1. The van der Waals surface area contributed by atoms with E-state index < -0.39 is 15.9 Å². The highest BCUT2D eigenvalue weighted by molar-refractivity contribution is 7.89. The zero-order valence-corrected chi connectivity index (χ0v) is 13.0. The van der Waals surface area contributed by atoms with E-state index >= 15 is 0 Å². The standard InChI is InChI=1S/C15H16N2O4S/c1-10-3-5-11(6-4-10)17-15(18)13-9-12(22(16,19)20)7-8-14(13)21-2/h3-9H,1-2H3,(H,17,18)(H2,16,19,20). The molecule has 0 aromatic heterocycles. The van der Waals surface area contributed by atoms with E-state index in [-0.39, 0.29) is 16.2 Å². The van der Waals surface area contributed by atoms with Gasteiger partial charge in [0.25, 0.3) is 5.91 Å². The molecule has 1 amide bonds. The van der Waals surface area contributed by atoms with E-state index in [1.807, 2.05) is 19.1 Å². The summed E-state index contributed by atoms with van der Waals surface area (Å²) in [7, 11) is -2.50. The Hall–Kier alpha value is -2.38. The van der Waals surface area contributed by atoms with Gasteiger partial charge in [-0.15, -0.1) is 0 Å². The van der Waals surface area contributed by atoms with E-state index in [4.69, 9.17) is 9.88 Å². The lowest BCUT2D eigenvalue weighted by molar-refractivity contribution is 0.102. The van der Waals surface area contributed by atoms with Crippen LogP contribution in [0.1, 0.15) is 15.9 Å². The van der Waals surface area contributed by atoms with Gasteiger partial charge in [0.15, 0.2) is 0 Å². The Kier molecular flexibility index (Phi) is 4.48. The number of nitrogens with two attached hydrogens (primary N) is 1. The predicted octanol–water partition coefficient (Wildman–Crippen LogP) is 1.90. The maximum absolute atomic E-state index is 12.3. The summed E-state index contributed by atoms with van der Waals surface area (Å²) in [6, 6.07) is 11.1. The van der Waals surface area contributed by atoms with Crippen molar-refractivity contribution >= 4 is 21.6 Å². The maximum Gasteiger partial charge on any atom is 0.259 e. The number of hydrogen-bond donors (Lipinski definition) is 2. The Morgan fingerprint density at radius 1 is 1.14 bits per heavy atom. The third-order valence-corrected chi connectivity index (χ3v) is 3.96. The first kappa shape index (κ1) is 16.0. The van der Waals surface area contributed by atoms with Gasteiger partial charge in [0.05, 0.1) is 17.6 Å². The first-order chi connectivity index (χ1) is 10.3. The summed E-state index contributed by atoms with van der Waals surface area (Å²) in [6.45, 7) is 1.93. The zero-order valence-electron chi connectivity index (χ0n) is 12.2. The van der Waals surface area contributed by atoms with E-state index in [0.29, 0.717) is 5.69 Å². The van der Waals surface area contributed by atoms with Crippen molar-refractivity contribution < 1.29 is 17.9 Å². The van der Waals surface area contributed by atoms with Crippen LogP contribution in [0.15, 0.2) is 47.4 Å². The maximum atomic E-state index is 12.3. The monoisotopic (exact) mass is 320 g/mol. The quantitative estimate of drug-likeness (QED) is 0.899. The van der Waals surface area contributed by atoms with Crippen LogP contribution in [0.5, 0.6) is 5.75 Å². The predicted molar refractivity (Wildman–Crippen MR) is 83.5 cm³/mol. The molecule has 0 heterocycles. The van der Waals surface area contributed by atoms with Crippen LogP contribution >= 0.6 is 0 Å². The number of aryl methyl sites for hydroxylation is 1. The molecule has 0 aliphatic rings. The molecule has 22 heavy (non-hydrogen) atoms. The summed E-state index contributed by atoms with van der Waals surface area (Å²) >= 11 is 0. The second-order valence-electron chi connectivity index (χ2n) is 4.73. The number of anilines is 1. The molecule has 0 saturated heterocycles. The average molecular weight is 320 g/mol. The van der Waals surface area contributed by atoms with Crippen LogP contribution in [0.4, 0.5) is 5.69 Å². The van der Waals surface area contributed by atoms with Crippen LogP contribution in [-0.4, -0.2) is 21.4 Å². The number of benzene rings is 2. The summed E-state index contributed by atoms with van der Waals surface area (Å²) in [5.74, 6) is -0.219. The van der Waals surface area contributed by atoms with Crippen LogP contribution < -0.4 is 15.2 Å². The van der Waals surface area contributed by atoms with Gasteiger partial charge in [-0.2, -0.15) is 0 Å². The second-order valence-corrected chi connectivity index (χ2v) is 6.29. The third-order valence-electron chi connectivity index (χ3n) is 3.05. The van der Waals surface area contributed by atoms with Crippen molar-refractivity contribution in [1.82, 2.24) is 0 Å². The Morgan fingerprint density at radius 2 is 1.77 bits per heavy atom. The van der Waals surface area contributed by atoms with Crippen molar-refractivity contribution in [3.63, 3.8) is 0 Å². The number of hydrogen-bond acceptors (Lipinski definition) is 4. The molecule has 0 aliphatic heterocycles. The minimum atomic E-state index is -3.90. The van der Waals surface area contributed by atoms with E-state index in [1.165, 1.54) is 25.3 Å². The fourth-order valence-corrected chi connectivity index (χ4v) is 2.42. The van der Waals surface area contributed by atoms with Crippen molar-refractivity contribution in [1.29, 1.82) is 0 Å². The Labute approximate surface area is 129 Å². The highest BCUT2D eigenvalue weighted by atomic mass is 32.2. The summed E-state index contributed by atoms with van der Waals surface area (Å²) < 4.78 is 27.9. The molecule has 2 rings (SSSR count). The molecule has 0 radical (unpaired) electrons. The molecule has 6 nitrogen and oxygen atoms in total. The lowest BCUT2D eigenvalue weighted by Gasteiger charge is -2.11. The molecule has 116 valence electrons. The number of carbonyl (C=O) groups is 1. The van der Waals surface area contributed by atoms with Crippen molar-refractivity contribution in [2.75, 3.05) is 12.4 Å². The topological polar surface area (TPSA) is 98.5 Å². The van der Waals surface area contributed by atoms with Gasteiger partial charge < -0.3 is 10.1 Å². The van der Waals surface area contributed by atoms with Crippen LogP contribution in [0.25, 0.3) is 0 Å². The van der Waals surface area contributed by atoms with Gasteiger partial charge in [-0.1, -0.05) is 17.7 Å².